The first-order valence-electron chi connectivity index (χ1n) is 6.33. The maximum absolute atomic E-state index is 6.16. The largest absolute Gasteiger partial charge is 0.235 e. The molecule has 2 aromatic carbocycles. The van der Waals surface area contributed by atoms with Gasteiger partial charge in [0.15, 0.2) is 0 Å². The third-order valence-electron chi connectivity index (χ3n) is 3.26. The number of benzene rings is 2. The number of aryl methyl sites for hydroxylation is 1. The van der Waals surface area contributed by atoms with Crippen molar-refractivity contribution in [3.05, 3.63) is 64.2 Å². The van der Waals surface area contributed by atoms with Crippen molar-refractivity contribution in [3.8, 4) is 0 Å². The Balaban J connectivity index is 2.10. The van der Waals surface area contributed by atoms with Crippen LogP contribution in [0, 0.1) is 6.92 Å². The molecule has 1 atom stereocenters. The van der Waals surface area contributed by atoms with Gasteiger partial charge in [-0.1, -0.05) is 53.2 Å². The van der Waals surface area contributed by atoms with Crippen LogP contribution < -0.4 is 0 Å². The number of rotatable bonds is 1. The maximum atomic E-state index is 6.16. The van der Waals surface area contributed by atoms with Crippen LogP contribution in [0.4, 0.5) is 5.69 Å². The lowest BCUT2D eigenvalue weighted by atomic mass is 10.0. The number of nitrogens with zero attached hydrogens (tertiary/aromatic N) is 1. The molecule has 1 aliphatic heterocycles. The summed E-state index contributed by atoms with van der Waals surface area (Å²) in [7, 11) is 0. The Morgan fingerprint density at radius 1 is 1.15 bits per heavy atom. The highest BCUT2D eigenvalue weighted by Crippen LogP contribution is 2.47. The second-order valence-corrected chi connectivity index (χ2v) is 7.28. The molecule has 1 nitrogen and oxygen atoms in total. The van der Waals surface area contributed by atoms with Crippen LogP contribution in [0.25, 0.3) is 0 Å². The molecule has 0 saturated carbocycles. The number of thioether (sulfide) groups is 2. The number of fused-ring (bicyclic) bond motifs is 1. The lowest BCUT2D eigenvalue weighted by Crippen LogP contribution is -2.05. The van der Waals surface area contributed by atoms with Gasteiger partial charge in [0.2, 0.25) is 0 Å². The van der Waals surface area contributed by atoms with Gasteiger partial charge in [-0.3, -0.25) is 0 Å². The third kappa shape index (κ3) is 2.76. The van der Waals surface area contributed by atoms with Crippen molar-refractivity contribution in [2.24, 2.45) is 4.99 Å². The fourth-order valence-corrected chi connectivity index (χ4v) is 4.21. The lowest BCUT2D eigenvalue weighted by Gasteiger charge is -2.24. The first-order chi connectivity index (χ1) is 9.67. The van der Waals surface area contributed by atoms with E-state index >= 15 is 0 Å². The lowest BCUT2D eigenvalue weighted by molar-refractivity contribution is 1.14. The van der Waals surface area contributed by atoms with Crippen molar-refractivity contribution in [2.45, 2.75) is 12.2 Å². The Kier molecular flexibility index (Phi) is 4.11. The van der Waals surface area contributed by atoms with Gasteiger partial charge in [-0.25, -0.2) is 4.99 Å². The van der Waals surface area contributed by atoms with Crippen molar-refractivity contribution in [2.75, 3.05) is 6.26 Å². The number of hydrogen-bond donors (Lipinski definition) is 0. The van der Waals surface area contributed by atoms with Gasteiger partial charge in [-0.2, -0.15) is 0 Å². The number of aliphatic imine (C=N–C) groups is 1. The standard InChI is InChI=1S/C16H14ClNS2/c1-10-3-5-11(6-4-10)15-13-9-12(17)7-8-14(13)18-16(19-2)20-15/h3-9,15H,1-2H3. The quantitative estimate of drug-likeness (QED) is 0.655. The van der Waals surface area contributed by atoms with Gasteiger partial charge in [0, 0.05) is 5.02 Å². The molecule has 0 aliphatic carbocycles. The highest BCUT2D eigenvalue weighted by atomic mass is 35.5. The molecule has 20 heavy (non-hydrogen) atoms. The predicted octanol–water partition coefficient (Wildman–Crippen LogP) is 5.84. The normalized spacial score (nSPS) is 17.6. The molecule has 0 saturated heterocycles. The monoisotopic (exact) mass is 319 g/mol. The molecule has 102 valence electrons. The van der Waals surface area contributed by atoms with E-state index in [9.17, 15) is 0 Å². The van der Waals surface area contributed by atoms with Crippen molar-refractivity contribution in [1.29, 1.82) is 0 Å². The van der Waals surface area contributed by atoms with E-state index in [1.165, 1.54) is 16.7 Å². The van der Waals surface area contributed by atoms with E-state index in [4.69, 9.17) is 11.6 Å². The molecule has 3 rings (SSSR count). The topological polar surface area (TPSA) is 12.4 Å². The van der Waals surface area contributed by atoms with Crippen molar-refractivity contribution in [3.63, 3.8) is 0 Å². The van der Waals surface area contributed by atoms with E-state index in [1.807, 2.05) is 18.2 Å². The summed E-state index contributed by atoms with van der Waals surface area (Å²) in [6.07, 6.45) is 2.07. The molecule has 4 heteroatoms. The summed E-state index contributed by atoms with van der Waals surface area (Å²) in [5.41, 5.74) is 4.80. The van der Waals surface area contributed by atoms with E-state index in [1.54, 1.807) is 23.5 Å². The summed E-state index contributed by atoms with van der Waals surface area (Å²) in [5.74, 6) is 0. The molecular weight excluding hydrogens is 306 g/mol. The van der Waals surface area contributed by atoms with E-state index in [0.29, 0.717) is 0 Å². The highest BCUT2D eigenvalue weighted by molar-refractivity contribution is 8.38. The summed E-state index contributed by atoms with van der Waals surface area (Å²) in [6, 6.07) is 14.7. The molecular formula is C16H14ClNS2. The Morgan fingerprint density at radius 2 is 1.90 bits per heavy atom. The van der Waals surface area contributed by atoms with Gasteiger partial charge < -0.3 is 0 Å². The molecule has 0 bridgehead atoms. The van der Waals surface area contributed by atoms with Crippen molar-refractivity contribution in [1.82, 2.24) is 0 Å². The average molecular weight is 320 g/mol. The minimum atomic E-state index is 0.268. The fraction of sp³-hybridized carbons (Fsp3) is 0.188. The SMILES string of the molecule is CSC1=Nc2ccc(Cl)cc2C(c2ccc(C)cc2)S1. The first kappa shape index (κ1) is 14.1. The second-order valence-electron chi connectivity index (χ2n) is 4.69. The van der Waals surface area contributed by atoms with Crippen LogP contribution in [0.5, 0.6) is 0 Å². The molecule has 0 radical (unpaired) electrons. The van der Waals surface area contributed by atoms with Crippen LogP contribution in [-0.2, 0) is 0 Å². The summed E-state index contributed by atoms with van der Waals surface area (Å²) >= 11 is 9.65. The summed E-state index contributed by atoms with van der Waals surface area (Å²) < 4.78 is 1.10. The Labute approximate surface area is 132 Å². The van der Waals surface area contributed by atoms with Gasteiger partial charge in [0.1, 0.15) is 4.38 Å². The second kappa shape index (κ2) is 5.84. The third-order valence-corrected chi connectivity index (χ3v) is 5.78. The van der Waals surface area contributed by atoms with Crippen LogP contribution in [0.2, 0.25) is 5.02 Å². The molecule has 1 heterocycles. The number of halogens is 1. The molecule has 0 spiro atoms. The van der Waals surface area contributed by atoms with Gasteiger partial charge in [-0.05, 0) is 42.5 Å². The average Bonchev–Trinajstić information content (AvgIpc) is 2.47. The minimum Gasteiger partial charge on any atom is -0.235 e. The molecule has 0 N–H and O–H groups in total. The van der Waals surface area contributed by atoms with Gasteiger partial charge in [0.25, 0.3) is 0 Å². The Bertz CT molecular complexity index is 665. The van der Waals surface area contributed by atoms with Crippen LogP contribution in [0.3, 0.4) is 0 Å². The molecule has 0 aromatic heterocycles. The minimum absolute atomic E-state index is 0.268. The van der Waals surface area contributed by atoms with E-state index in [0.717, 1.165) is 15.1 Å². The summed E-state index contributed by atoms with van der Waals surface area (Å²) in [4.78, 5) is 4.68. The zero-order valence-corrected chi connectivity index (χ0v) is 13.6. The van der Waals surface area contributed by atoms with Crippen LogP contribution in [0.15, 0.2) is 47.5 Å². The summed E-state index contributed by atoms with van der Waals surface area (Å²) in [5, 5.41) is 1.04. The first-order valence-corrected chi connectivity index (χ1v) is 8.81. The van der Waals surface area contributed by atoms with Gasteiger partial charge in [-0.15, -0.1) is 11.8 Å². The van der Waals surface area contributed by atoms with Crippen molar-refractivity contribution >= 4 is 45.2 Å². The molecule has 2 aromatic rings. The highest BCUT2D eigenvalue weighted by Gasteiger charge is 2.25. The van der Waals surface area contributed by atoms with Crippen LogP contribution in [-0.4, -0.2) is 10.6 Å². The molecule has 1 aliphatic rings. The van der Waals surface area contributed by atoms with E-state index in [-0.39, 0.29) is 5.25 Å². The summed E-state index contributed by atoms with van der Waals surface area (Å²) in [6.45, 7) is 2.11. The number of hydrogen-bond acceptors (Lipinski definition) is 3. The van der Waals surface area contributed by atoms with Crippen LogP contribution >= 0.6 is 35.1 Å². The zero-order valence-electron chi connectivity index (χ0n) is 11.3. The van der Waals surface area contributed by atoms with E-state index in [2.05, 4.69) is 42.4 Å². The van der Waals surface area contributed by atoms with Gasteiger partial charge in [0.05, 0.1) is 10.9 Å². The Hall–Kier alpha value is -0.900. The molecule has 0 fully saturated rings. The molecule has 0 amide bonds. The Morgan fingerprint density at radius 3 is 2.60 bits per heavy atom. The maximum Gasteiger partial charge on any atom is 0.131 e. The van der Waals surface area contributed by atoms with E-state index < -0.39 is 0 Å². The zero-order chi connectivity index (χ0) is 14.1. The smallest absolute Gasteiger partial charge is 0.131 e. The molecule has 1 unspecified atom stereocenters. The fourth-order valence-electron chi connectivity index (χ4n) is 2.21. The van der Waals surface area contributed by atoms with Gasteiger partial charge >= 0.3 is 0 Å². The van der Waals surface area contributed by atoms with Crippen LogP contribution in [0.1, 0.15) is 21.9 Å². The van der Waals surface area contributed by atoms with Crippen molar-refractivity contribution < 1.29 is 0 Å². The predicted molar refractivity (Wildman–Crippen MR) is 92.7 cm³/mol.